The molecule has 5 heteroatoms. The molecule has 240 valence electrons. The monoisotopic (exact) mass is 586 g/mol. The van der Waals surface area contributed by atoms with Gasteiger partial charge in [0, 0.05) is 5.92 Å². The van der Waals surface area contributed by atoms with Gasteiger partial charge in [0.25, 0.3) is 0 Å². The first-order valence-electron chi connectivity index (χ1n) is 17.8. The normalized spacial score (nSPS) is 13.0. The number of unbranched alkanes of at least 4 members (excludes halogenated alkanes) is 26. The lowest BCUT2D eigenvalue weighted by Gasteiger charge is -2.12. The second-order valence-corrected chi connectivity index (χ2v) is 13.4. The third-order valence-electron chi connectivity index (χ3n) is 8.24. The van der Waals surface area contributed by atoms with Crippen LogP contribution in [0.25, 0.3) is 0 Å². The van der Waals surface area contributed by atoms with Crippen molar-refractivity contribution in [2.45, 2.75) is 200 Å². The van der Waals surface area contributed by atoms with Crippen molar-refractivity contribution in [2.24, 2.45) is 5.92 Å². The molecule has 0 radical (unpaired) electrons. The van der Waals surface area contributed by atoms with Gasteiger partial charge in [-0.1, -0.05) is 193 Å². The molecule has 0 aliphatic heterocycles. The minimum atomic E-state index is -4.37. The molecule has 0 aromatic rings. The Hall–Kier alpha value is -0.390. The highest BCUT2D eigenvalue weighted by Gasteiger charge is 2.11. The molecule has 0 bridgehead atoms. The fourth-order valence-corrected chi connectivity index (χ4v) is 5.92. The summed E-state index contributed by atoms with van der Waals surface area (Å²) in [6.07, 6.45) is 42.6. The van der Waals surface area contributed by atoms with Gasteiger partial charge in [0.05, 0.1) is 6.61 Å². The van der Waals surface area contributed by atoms with Gasteiger partial charge in [-0.15, -0.1) is 0 Å². The second-order valence-electron chi connectivity index (χ2n) is 12.3. The van der Waals surface area contributed by atoms with Gasteiger partial charge in [0.15, 0.2) is 0 Å². The Bertz CT molecular complexity index is 617. The van der Waals surface area contributed by atoms with Crippen LogP contribution in [-0.2, 0) is 14.6 Å². The van der Waals surface area contributed by atoms with Crippen molar-refractivity contribution in [3.05, 3.63) is 12.2 Å². The lowest BCUT2D eigenvalue weighted by Crippen LogP contribution is -2.12. The van der Waals surface area contributed by atoms with Crippen molar-refractivity contribution >= 4 is 10.4 Å². The molecule has 0 spiro atoms. The van der Waals surface area contributed by atoms with E-state index in [2.05, 4.69) is 26.0 Å². The van der Waals surface area contributed by atoms with Gasteiger partial charge in [-0.3, -0.25) is 4.55 Å². The third kappa shape index (κ3) is 33.8. The van der Waals surface area contributed by atoms with E-state index in [9.17, 15) is 8.42 Å². The highest BCUT2D eigenvalue weighted by molar-refractivity contribution is 7.80. The molecule has 1 unspecified atom stereocenters. The summed E-state index contributed by atoms with van der Waals surface area (Å²) in [6.45, 7) is 4.60. The maximum atomic E-state index is 11.1. The van der Waals surface area contributed by atoms with Crippen LogP contribution in [0.5, 0.6) is 0 Å². The zero-order valence-corrected chi connectivity index (χ0v) is 27.8. The Morgan fingerprint density at radius 3 is 1.20 bits per heavy atom. The molecule has 0 heterocycles. The van der Waals surface area contributed by atoms with Crippen molar-refractivity contribution in [1.29, 1.82) is 0 Å². The van der Waals surface area contributed by atoms with Crippen LogP contribution in [0.15, 0.2) is 12.2 Å². The fourth-order valence-electron chi connectivity index (χ4n) is 5.58. The van der Waals surface area contributed by atoms with E-state index in [1.807, 2.05) is 0 Å². The van der Waals surface area contributed by atoms with Gasteiger partial charge in [0.1, 0.15) is 0 Å². The van der Waals surface area contributed by atoms with Crippen molar-refractivity contribution in [3.63, 3.8) is 0 Å². The van der Waals surface area contributed by atoms with Crippen LogP contribution >= 0.6 is 0 Å². The molecule has 0 fully saturated rings. The van der Waals surface area contributed by atoms with Crippen molar-refractivity contribution < 1.29 is 17.2 Å². The Kier molecular flexibility index (Phi) is 31.2. The SMILES string of the molecule is CCCCCCCCCCCCCCC/C=C/C(CCCCCCCCCCCCCCCC)COS(=O)(=O)O. The smallest absolute Gasteiger partial charge is 0.264 e. The molecule has 0 aromatic carbocycles. The molecule has 0 aromatic heterocycles. The van der Waals surface area contributed by atoms with Gasteiger partial charge < -0.3 is 0 Å². The highest BCUT2D eigenvalue weighted by Crippen LogP contribution is 2.18. The lowest BCUT2D eigenvalue weighted by atomic mass is 9.99. The molecule has 0 amide bonds. The molecule has 40 heavy (non-hydrogen) atoms. The van der Waals surface area contributed by atoms with Crippen LogP contribution < -0.4 is 0 Å². The van der Waals surface area contributed by atoms with Crippen molar-refractivity contribution in [2.75, 3.05) is 6.61 Å². The molecular formula is C35H70O4S. The van der Waals surface area contributed by atoms with Crippen LogP contribution in [0.3, 0.4) is 0 Å². The first-order chi connectivity index (χ1) is 19.5. The summed E-state index contributed by atoms with van der Waals surface area (Å²) in [5, 5.41) is 0. The molecule has 1 atom stereocenters. The minimum absolute atomic E-state index is 0.0480. The van der Waals surface area contributed by atoms with Gasteiger partial charge in [0.2, 0.25) is 0 Å². The van der Waals surface area contributed by atoms with Crippen molar-refractivity contribution in [3.8, 4) is 0 Å². The van der Waals surface area contributed by atoms with Crippen LogP contribution in [0, 0.1) is 5.92 Å². The second kappa shape index (κ2) is 31.5. The first-order valence-corrected chi connectivity index (χ1v) is 19.1. The zero-order valence-electron chi connectivity index (χ0n) is 27.0. The molecule has 0 saturated carbocycles. The minimum Gasteiger partial charge on any atom is -0.264 e. The van der Waals surface area contributed by atoms with E-state index in [0.29, 0.717) is 0 Å². The Morgan fingerprint density at radius 2 is 0.850 bits per heavy atom. The van der Waals surface area contributed by atoms with E-state index in [1.165, 1.54) is 167 Å². The maximum absolute atomic E-state index is 11.1. The van der Waals surface area contributed by atoms with E-state index >= 15 is 0 Å². The largest absolute Gasteiger partial charge is 0.397 e. The summed E-state index contributed by atoms with van der Waals surface area (Å²) in [7, 11) is -4.37. The summed E-state index contributed by atoms with van der Waals surface area (Å²) in [5.41, 5.74) is 0. The predicted octanol–water partition coefficient (Wildman–Crippen LogP) is 12.3. The van der Waals surface area contributed by atoms with E-state index in [4.69, 9.17) is 8.74 Å². The molecule has 4 nitrogen and oxygen atoms in total. The van der Waals surface area contributed by atoms with E-state index < -0.39 is 10.4 Å². The lowest BCUT2D eigenvalue weighted by molar-refractivity contribution is 0.234. The maximum Gasteiger partial charge on any atom is 0.397 e. The average molecular weight is 587 g/mol. The van der Waals surface area contributed by atoms with E-state index in [-0.39, 0.29) is 12.5 Å². The first kappa shape index (κ1) is 39.6. The molecule has 0 aliphatic rings. The third-order valence-corrected chi connectivity index (χ3v) is 8.68. The highest BCUT2D eigenvalue weighted by atomic mass is 32.3. The summed E-state index contributed by atoms with van der Waals surface area (Å²) in [6, 6.07) is 0. The Labute approximate surface area is 251 Å². The van der Waals surface area contributed by atoms with E-state index in [1.54, 1.807) is 0 Å². The van der Waals surface area contributed by atoms with Gasteiger partial charge in [-0.2, -0.15) is 8.42 Å². The average Bonchev–Trinajstić information content (AvgIpc) is 2.93. The number of allylic oxidation sites excluding steroid dienone is 1. The fraction of sp³-hybridized carbons (Fsp3) is 0.943. The quantitative estimate of drug-likeness (QED) is 0.0472. The number of rotatable bonds is 33. The van der Waals surface area contributed by atoms with Crippen LogP contribution in [0.2, 0.25) is 0 Å². The van der Waals surface area contributed by atoms with Gasteiger partial charge in [-0.05, 0) is 19.3 Å². The van der Waals surface area contributed by atoms with Crippen molar-refractivity contribution in [1.82, 2.24) is 0 Å². The van der Waals surface area contributed by atoms with Crippen LogP contribution in [0.1, 0.15) is 200 Å². The topological polar surface area (TPSA) is 63.6 Å². The summed E-state index contributed by atoms with van der Waals surface area (Å²) >= 11 is 0. The van der Waals surface area contributed by atoms with Crippen LogP contribution in [-0.4, -0.2) is 19.6 Å². The number of hydrogen-bond acceptors (Lipinski definition) is 3. The number of hydrogen-bond donors (Lipinski definition) is 1. The molecule has 0 aliphatic carbocycles. The Morgan fingerprint density at radius 1 is 0.525 bits per heavy atom. The Balaban J connectivity index is 3.77. The standard InChI is InChI=1S/C35H70O4S/c1-3-5-7-9-11-13-15-17-19-21-23-25-27-29-31-33-35(34-39-40(36,37)38)32-30-28-26-24-22-20-18-16-14-12-10-8-6-4-2/h31,33,35H,3-30,32,34H2,1-2H3,(H,36,37,38)/b33-31+. The van der Waals surface area contributed by atoms with E-state index in [0.717, 1.165) is 19.3 Å². The molecule has 0 saturated heterocycles. The molecule has 0 rings (SSSR count). The van der Waals surface area contributed by atoms with Crippen LogP contribution in [0.4, 0.5) is 0 Å². The van der Waals surface area contributed by atoms with Gasteiger partial charge >= 0.3 is 10.4 Å². The predicted molar refractivity (Wildman–Crippen MR) is 175 cm³/mol. The molecule has 1 N–H and O–H groups in total. The van der Waals surface area contributed by atoms with Gasteiger partial charge in [-0.25, -0.2) is 4.18 Å². The summed E-state index contributed by atoms with van der Waals surface area (Å²) < 4.78 is 35.8. The summed E-state index contributed by atoms with van der Waals surface area (Å²) in [4.78, 5) is 0. The summed E-state index contributed by atoms with van der Waals surface area (Å²) in [5.74, 6) is 0.0567. The molecular weight excluding hydrogens is 516 g/mol. The zero-order chi connectivity index (χ0) is 29.4.